The van der Waals surface area contributed by atoms with Crippen molar-refractivity contribution in [1.29, 1.82) is 0 Å². The highest BCUT2D eigenvalue weighted by molar-refractivity contribution is 5.57. The van der Waals surface area contributed by atoms with Crippen LogP contribution in [0.3, 0.4) is 0 Å². The van der Waals surface area contributed by atoms with Gasteiger partial charge >= 0.3 is 0 Å². The molecule has 0 N–H and O–H groups in total. The summed E-state index contributed by atoms with van der Waals surface area (Å²) < 4.78 is 0. The number of nitrogens with zero attached hydrogens (tertiary/aromatic N) is 1. The minimum atomic E-state index is 0.0191. The quantitative estimate of drug-likeness (QED) is 0.557. The molecule has 1 atom stereocenters. The SMILES string of the molecule is CN1C(C)(C)CC(C=O)C1(C)C. The van der Waals surface area contributed by atoms with Gasteiger partial charge in [-0.2, -0.15) is 0 Å². The van der Waals surface area contributed by atoms with Crippen LogP contribution in [0, 0.1) is 5.92 Å². The summed E-state index contributed by atoms with van der Waals surface area (Å²) in [7, 11) is 2.10. The van der Waals surface area contributed by atoms with Crippen molar-refractivity contribution in [2.75, 3.05) is 7.05 Å². The molecule has 2 nitrogen and oxygen atoms in total. The molecule has 1 aliphatic rings. The molecule has 1 heterocycles. The highest BCUT2D eigenvalue weighted by Crippen LogP contribution is 2.42. The van der Waals surface area contributed by atoms with E-state index in [9.17, 15) is 4.79 Å². The lowest BCUT2D eigenvalue weighted by molar-refractivity contribution is -0.112. The molecule has 0 spiro atoms. The van der Waals surface area contributed by atoms with E-state index in [2.05, 4.69) is 39.6 Å². The molecule has 1 saturated heterocycles. The zero-order valence-corrected chi connectivity index (χ0v) is 8.72. The van der Waals surface area contributed by atoms with Crippen LogP contribution < -0.4 is 0 Å². The maximum atomic E-state index is 10.8. The molecule has 1 unspecified atom stereocenters. The van der Waals surface area contributed by atoms with Gasteiger partial charge in [-0.25, -0.2) is 0 Å². The van der Waals surface area contributed by atoms with Gasteiger partial charge in [0.15, 0.2) is 0 Å². The van der Waals surface area contributed by atoms with Crippen molar-refractivity contribution in [2.45, 2.75) is 45.2 Å². The number of rotatable bonds is 1. The standard InChI is InChI=1S/C10H19NO/c1-9(2)6-8(7-12)10(3,4)11(9)5/h7-8H,6H2,1-5H3. The van der Waals surface area contributed by atoms with Crippen LogP contribution in [-0.2, 0) is 4.79 Å². The Kier molecular flexibility index (Phi) is 2.07. The summed E-state index contributed by atoms with van der Waals surface area (Å²) in [6, 6.07) is 0. The molecule has 1 aliphatic heterocycles. The summed E-state index contributed by atoms with van der Waals surface area (Å²) in [4.78, 5) is 13.1. The third-order valence-electron chi connectivity index (χ3n) is 3.56. The van der Waals surface area contributed by atoms with Crippen LogP contribution in [0.5, 0.6) is 0 Å². The Morgan fingerprint density at radius 2 is 1.83 bits per heavy atom. The van der Waals surface area contributed by atoms with E-state index in [0.717, 1.165) is 12.7 Å². The minimum Gasteiger partial charge on any atom is -0.303 e. The zero-order chi connectivity index (χ0) is 9.57. The Labute approximate surface area is 74.9 Å². The largest absolute Gasteiger partial charge is 0.303 e. The lowest BCUT2D eigenvalue weighted by atomic mass is 9.88. The Hall–Kier alpha value is -0.370. The number of carbonyl (C=O) groups is 1. The maximum Gasteiger partial charge on any atom is 0.124 e. The first-order valence-electron chi connectivity index (χ1n) is 4.51. The molecule has 0 amide bonds. The Bertz CT molecular complexity index is 196. The molecule has 0 aromatic heterocycles. The van der Waals surface area contributed by atoms with Crippen LogP contribution in [0.15, 0.2) is 0 Å². The second-order valence-corrected chi connectivity index (χ2v) is 4.97. The summed E-state index contributed by atoms with van der Waals surface area (Å²) >= 11 is 0. The average Bonchev–Trinajstić information content (AvgIpc) is 2.11. The monoisotopic (exact) mass is 169 g/mol. The molecule has 1 fully saturated rings. The van der Waals surface area contributed by atoms with Gasteiger partial charge in [0.2, 0.25) is 0 Å². The van der Waals surface area contributed by atoms with E-state index < -0.39 is 0 Å². The van der Waals surface area contributed by atoms with Crippen LogP contribution >= 0.6 is 0 Å². The third-order valence-corrected chi connectivity index (χ3v) is 3.56. The normalized spacial score (nSPS) is 33.6. The molecule has 70 valence electrons. The van der Waals surface area contributed by atoms with E-state index in [1.54, 1.807) is 0 Å². The van der Waals surface area contributed by atoms with E-state index in [4.69, 9.17) is 0 Å². The van der Waals surface area contributed by atoms with E-state index in [1.165, 1.54) is 0 Å². The van der Waals surface area contributed by atoms with E-state index in [-0.39, 0.29) is 17.0 Å². The Morgan fingerprint density at radius 1 is 1.33 bits per heavy atom. The molecule has 2 heteroatoms. The predicted octanol–water partition coefficient (Wildman–Crippen LogP) is 1.69. The van der Waals surface area contributed by atoms with E-state index in [0.29, 0.717) is 0 Å². The smallest absolute Gasteiger partial charge is 0.124 e. The maximum absolute atomic E-state index is 10.8. The van der Waals surface area contributed by atoms with Gasteiger partial charge < -0.3 is 4.79 Å². The predicted molar refractivity (Wildman–Crippen MR) is 50.1 cm³/mol. The van der Waals surface area contributed by atoms with Crippen LogP contribution in [0.1, 0.15) is 34.1 Å². The highest BCUT2D eigenvalue weighted by atomic mass is 16.1. The summed E-state index contributed by atoms with van der Waals surface area (Å²) in [5.41, 5.74) is 0.181. The first-order valence-corrected chi connectivity index (χ1v) is 4.51. The molecular weight excluding hydrogens is 150 g/mol. The van der Waals surface area contributed by atoms with Crippen LogP contribution in [-0.4, -0.2) is 29.3 Å². The lowest BCUT2D eigenvalue weighted by Crippen LogP contribution is -2.46. The minimum absolute atomic E-state index is 0.0191. The zero-order valence-electron chi connectivity index (χ0n) is 8.72. The summed E-state index contributed by atoms with van der Waals surface area (Å²) in [6.07, 6.45) is 2.07. The number of hydrogen-bond acceptors (Lipinski definition) is 2. The van der Waals surface area contributed by atoms with Crippen LogP contribution in [0.4, 0.5) is 0 Å². The molecule has 0 bridgehead atoms. The third kappa shape index (κ3) is 1.18. The number of hydrogen-bond donors (Lipinski definition) is 0. The topological polar surface area (TPSA) is 20.3 Å². The molecule has 0 saturated carbocycles. The number of carbonyl (C=O) groups excluding carboxylic acids is 1. The molecule has 0 aliphatic carbocycles. The van der Waals surface area contributed by atoms with Gasteiger partial charge in [0.05, 0.1) is 0 Å². The summed E-state index contributed by atoms with van der Waals surface area (Å²) in [5.74, 6) is 0.178. The van der Waals surface area contributed by atoms with Crippen LogP contribution in [0.25, 0.3) is 0 Å². The average molecular weight is 169 g/mol. The van der Waals surface area contributed by atoms with Crippen molar-refractivity contribution >= 4 is 6.29 Å². The fourth-order valence-corrected chi connectivity index (χ4v) is 2.17. The van der Waals surface area contributed by atoms with E-state index in [1.807, 2.05) is 0 Å². The molecular formula is C10H19NO. The van der Waals surface area contributed by atoms with Gasteiger partial charge in [-0.15, -0.1) is 0 Å². The fraction of sp³-hybridized carbons (Fsp3) is 0.900. The second kappa shape index (κ2) is 2.56. The lowest BCUT2D eigenvalue weighted by Gasteiger charge is -2.37. The molecule has 1 rings (SSSR count). The van der Waals surface area contributed by atoms with Gasteiger partial charge in [0.25, 0.3) is 0 Å². The van der Waals surface area contributed by atoms with Gasteiger partial charge in [-0.3, -0.25) is 4.90 Å². The van der Waals surface area contributed by atoms with Crippen molar-refractivity contribution in [3.05, 3.63) is 0 Å². The van der Waals surface area contributed by atoms with Gasteiger partial charge in [0.1, 0.15) is 6.29 Å². The van der Waals surface area contributed by atoms with Crippen molar-refractivity contribution in [2.24, 2.45) is 5.92 Å². The summed E-state index contributed by atoms with van der Waals surface area (Å²) in [6.45, 7) is 8.66. The van der Waals surface area contributed by atoms with E-state index >= 15 is 0 Å². The highest BCUT2D eigenvalue weighted by Gasteiger charge is 2.48. The van der Waals surface area contributed by atoms with Crippen LogP contribution in [0.2, 0.25) is 0 Å². The molecule has 0 aromatic rings. The second-order valence-electron chi connectivity index (χ2n) is 4.97. The number of likely N-dealkylation sites (tertiary alicyclic amines) is 1. The Balaban J connectivity index is 2.95. The van der Waals surface area contributed by atoms with Gasteiger partial charge in [0, 0.05) is 17.0 Å². The first-order chi connectivity index (χ1) is 5.32. The molecule has 0 aromatic carbocycles. The number of aldehydes is 1. The Morgan fingerprint density at radius 3 is 2.00 bits per heavy atom. The fourth-order valence-electron chi connectivity index (χ4n) is 2.17. The van der Waals surface area contributed by atoms with Gasteiger partial charge in [-0.1, -0.05) is 0 Å². The summed E-state index contributed by atoms with van der Waals surface area (Å²) in [5, 5.41) is 0. The molecule has 0 radical (unpaired) electrons. The first kappa shape index (κ1) is 9.72. The molecule has 12 heavy (non-hydrogen) atoms. The van der Waals surface area contributed by atoms with Gasteiger partial charge in [-0.05, 0) is 41.2 Å². The van der Waals surface area contributed by atoms with Crippen molar-refractivity contribution in [1.82, 2.24) is 4.90 Å². The van der Waals surface area contributed by atoms with Crippen molar-refractivity contribution < 1.29 is 4.79 Å². The van der Waals surface area contributed by atoms with Crippen molar-refractivity contribution in [3.63, 3.8) is 0 Å². The van der Waals surface area contributed by atoms with Crippen molar-refractivity contribution in [3.8, 4) is 0 Å².